The molecule has 11 heteroatoms. The molecular weight excluding hydrogens is 350 g/mol. The van der Waals surface area contributed by atoms with Gasteiger partial charge in [-0.05, 0) is 7.05 Å². The minimum atomic E-state index is -1.22. The second-order valence-electron chi connectivity index (χ2n) is 6.30. The van der Waals surface area contributed by atoms with Gasteiger partial charge in [0.1, 0.15) is 24.4 Å². The van der Waals surface area contributed by atoms with E-state index in [1.54, 1.807) is 0 Å². The van der Waals surface area contributed by atoms with Gasteiger partial charge in [0.15, 0.2) is 6.29 Å². The lowest BCUT2D eigenvalue weighted by molar-refractivity contribution is -0.254. The number of nitrogens with zero attached hydrogens (tertiary/aromatic N) is 4. The van der Waals surface area contributed by atoms with Crippen LogP contribution in [0.4, 0.5) is 11.1 Å². The van der Waals surface area contributed by atoms with Crippen molar-refractivity contribution in [1.82, 2.24) is 14.3 Å². The van der Waals surface area contributed by atoms with Crippen LogP contribution in [0.15, 0.2) is 0 Å². The summed E-state index contributed by atoms with van der Waals surface area (Å²) >= 11 is 1.18. The SMILES string of the molecule is CO[C@H]1O[C@H](CO)[C@H](O)[C@H](O)[C@H]1Nc1nc(N2CCN(C)CC2)ns1. The molecule has 0 unspecified atom stereocenters. The van der Waals surface area contributed by atoms with Crippen molar-refractivity contribution in [2.45, 2.75) is 30.6 Å². The number of hydrogen-bond donors (Lipinski definition) is 4. The quantitative estimate of drug-likeness (QED) is 0.466. The largest absolute Gasteiger partial charge is 0.394 e. The zero-order chi connectivity index (χ0) is 18.0. The molecule has 3 rings (SSSR count). The van der Waals surface area contributed by atoms with E-state index in [1.165, 1.54) is 18.6 Å². The first-order valence-electron chi connectivity index (χ1n) is 8.22. The normalized spacial score (nSPS) is 34.3. The van der Waals surface area contributed by atoms with Crippen LogP contribution in [-0.4, -0.2) is 107 Å². The summed E-state index contributed by atoms with van der Waals surface area (Å²) in [4.78, 5) is 8.83. The highest BCUT2D eigenvalue weighted by Gasteiger charge is 2.45. The smallest absolute Gasteiger partial charge is 0.239 e. The van der Waals surface area contributed by atoms with Crippen LogP contribution < -0.4 is 10.2 Å². The molecule has 5 atom stereocenters. The predicted molar refractivity (Wildman–Crippen MR) is 91.8 cm³/mol. The van der Waals surface area contributed by atoms with Crippen LogP contribution in [0.5, 0.6) is 0 Å². The van der Waals surface area contributed by atoms with Gasteiger partial charge < -0.3 is 39.9 Å². The number of piperazine rings is 1. The number of anilines is 2. The number of aliphatic hydroxyl groups excluding tert-OH is 3. The van der Waals surface area contributed by atoms with Crippen LogP contribution in [0.1, 0.15) is 0 Å². The van der Waals surface area contributed by atoms with Gasteiger partial charge in [-0.25, -0.2) is 0 Å². The number of aromatic nitrogens is 2. The summed E-state index contributed by atoms with van der Waals surface area (Å²) in [6, 6.07) is -0.726. The highest BCUT2D eigenvalue weighted by molar-refractivity contribution is 7.09. The highest BCUT2D eigenvalue weighted by atomic mass is 32.1. The van der Waals surface area contributed by atoms with Crippen molar-refractivity contribution >= 4 is 22.6 Å². The Labute approximate surface area is 150 Å². The molecule has 2 saturated heterocycles. The average Bonchev–Trinajstić information content (AvgIpc) is 3.08. The second-order valence-corrected chi connectivity index (χ2v) is 7.05. The van der Waals surface area contributed by atoms with Gasteiger partial charge in [0.2, 0.25) is 11.1 Å². The molecule has 10 nitrogen and oxygen atoms in total. The molecule has 25 heavy (non-hydrogen) atoms. The first-order chi connectivity index (χ1) is 12.0. The van der Waals surface area contributed by atoms with Gasteiger partial charge >= 0.3 is 0 Å². The Bertz CT molecular complexity index is 553. The Morgan fingerprint density at radius 1 is 1.28 bits per heavy atom. The minimum Gasteiger partial charge on any atom is -0.394 e. The summed E-state index contributed by atoms with van der Waals surface area (Å²) in [5, 5.41) is 33.2. The summed E-state index contributed by atoms with van der Waals surface area (Å²) in [6.07, 6.45) is -4.12. The molecule has 2 aliphatic rings. The number of ether oxygens (including phenoxy) is 2. The van der Waals surface area contributed by atoms with Crippen LogP contribution in [0.25, 0.3) is 0 Å². The molecule has 1 aromatic rings. The maximum atomic E-state index is 10.3. The third kappa shape index (κ3) is 4.03. The Hall–Kier alpha value is -1.08. The minimum absolute atomic E-state index is 0.406. The summed E-state index contributed by atoms with van der Waals surface area (Å²) < 4.78 is 15.1. The van der Waals surface area contributed by atoms with E-state index in [0.29, 0.717) is 11.1 Å². The Balaban J connectivity index is 1.67. The van der Waals surface area contributed by atoms with Gasteiger partial charge in [-0.1, -0.05) is 0 Å². The monoisotopic (exact) mass is 375 g/mol. The van der Waals surface area contributed by atoms with E-state index < -0.39 is 37.3 Å². The van der Waals surface area contributed by atoms with Crippen molar-refractivity contribution in [2.24, 2.45) is 0 Å². The van der Waals surface area contributed by atoms with E-state index in [-0.39, 0.29) is 0 Å². The third-order valence-electron chi connectivity index (χ3n) is 4.60. The fraction of sp³-hybridized carbons (Fsp3) is 0.857. The molecule has 0 aliphatic carbocycles. The maximum absolute atomic E-state index is 10.3. The van der Waals surface area contributed by atoms with E-state index in [1.807, 2.05) is 0 Å². The summed E-state index contributed by atoms with van der Waals surface area (Å²) in [7, 11) is 3.52. The summed E-state index contributed by atoms with van der Waals surface area (Å²) in [5.74, 6) is 0.648. The van der Waals surface area contributed by atoms with Crippen molar-refractivity contribution in [3.05, 3.63) is 0 Å². The molecule has 2 fully saturated rings. The molecule has 0 amide bonds. The molecule has 4 N–H and O–H groups in total. The van der Waals surface area contributed by atoms with Crippen LogP contribution in [-0.2, 0) is 9.47 Å². The van der Waals surface area contributed by atoms with Gasteiger partial charge in [0.05, 0.1) is 6.61 Å². The first-order valence-corrected chi connectivity index (χ1v) is 8.99. The number of aliphatic hydroxyl groups is 3. The lowest BCUT2D eigenvalue weighted by atomic mass is 9.97. The van der Waals surface area contributed by atoms with Crippen LogP contribution in [0, 0.1) is 0 Å². The van der Waals surface area contributed by atoms with E-state index in [4.69, 9.17) is 9.47 Å². The predicted octanol–water partition coefficient (Wildman–Crippen LogP) is -1.84. The number of rotatable bonds is 5. The van der Waals surface area contributed by atoms with E-state index in [0.717, 1.165) is 26.2 Å². The lowest BCUT2D eigenvalue weighted by Gasteiger charge is -2.41. The zero-order valence-electron chi connectivity index (χ0n) is 14.3. The number of nitrogens with one attached hydrogen (secondary N) is 1. The molecule has 0 saturated carbocycles. The fourth-order valence-electron chi connectivity index (χ4n) is 2.99. The highest BCUT2D eigenvalue weighted by Crippen LogP contribution is 2.26. The first kappa shape index (κ1) is 18.7. The third-order valence-corrected chi connectivity index (χ3v) is 5.24. The molecule has 0 radical (unpaired) electrons. The van der Waals surface area contributed by atoms with Crippen molar-refractivity contribution in [3.8, 4) is 0 Å². The van der Waals surface area contributed by atoms with Crippen LogP contribution in [0.2, 0.25) is 0 Å². The molecular formula is C14H25N5O5S. The molecule has 1 aromatic heterocycles. The molecule has 0 spiro atoms. The van der Waals surface area contributed by atoms with Crippen LogP contribution in [0.3, 0.4) is 0 Å². The van der Waals surface area contributed by atoms with Crippen LogP contribution >= 0.6 is 11.5 Å². The van der Waals surface area contributed by atoms with Gasteiger partial charge in [-0.3, -0.25) is 0 Å². The van der Waals surface area contributed by atoms with Crippen molar-refractivity contribution in [2.75, 3.05) is 57.2 Å². The van der Waals surface area contributed by atoms with Gasteiger partial charge in [0, 0.05) is 44.8 Å². The summed E-state index contributed by atoms with van der Waals surface area (Å²) in [5.41, 5.74) is 0. The molecule has 2 aliphatic heterocycles. The zero-order valence-corrected chi connectivity index (χ0v) is 15.1. The molecule has 0 aromatic carbocycles. The lowest BCUT2D eigenvalue weighted by Crippen LogP contribution is -2.61. The van der Waals surface area contributed by atoms with Gasteiger partial charge in [-0.2, -0.15) is 9.36 Å². The maximum Gasteiger partial charge on any atom is 0.239 e. The van der Waals surface area contributed by atoms with Crippen molar-refractivity contribution < 1.29 is 24.8 Å². The topological polar surface area (TPSA) is 123 Å². The Kier molecular flexibility index (Phi) is 6.04. The van der Waals surface area contributed by atoms with Gasteiger partial charge in [0.25, 0.3) is 0 Å². The summed E-state index contributed by atoms with van der Waals surface area (Å²) in [6.45, 7) is 3.23. The molecule has 142 valence electrons. The van der Waals surface area contributed by atoms with E-state index in [9.17, 15) is 15.3 Å². The van der Waals surface area contributed by atoms with Crippen molar-refractivity contribution in [1.29, 1.82) is 0 Å². The average molecular weight is 375 g/mol. The Morgan fingerprint density at radius 2 is 2.00 bits per heavy atom. The Morgan fingerprint density at radius 3 is 2.64 bits per heavy atom. The molecule has 0 bridgehead atoms. The van der Waals surface area contributed by atoms with Crippen molar-refractivity contribution in [3.63, 3.8) is 0 Å². The van der Waals surface area contributed by atoms with E-state index in [2.05, 4.69) is 31.5 Å². The number of hydrogen-bond acceptors (Lipinski definition) is 11. The van der Waals surface area contributed by atoms with Gasteiger partial charge in [-0.15, -0.1) is 0 Å². The second kappa shape index (κ2) is 8.08. The number of likely N-dealkylation sites (N-methyl/N-ethyl adjacent to an activating group) is 1. The fourth-order valence-corrected chi connectivity index (χ4v) is 3.62. The molecule has 3 heterocycles. The standard InChI is InChI=1S/C14H25N5O5S/c1-18-3-5-19(6-4-18)13-16-14(25-17-13)15-9-11(22)10(21)8(7-20)24-12(9)23-2/h8-12,20-22H,3-7H2,1-2H3,(H,15,16,17)/t8-,9-,10+,11-,12+/m1/s1. The number of methoxy groups -OCH3 is 1. The van der Waals surface area contributed by atoms with E-state index >= 15 is 0 Å².